The van der Waals surface area contributed by atoms with Gasteiger partial charge in [-0.3, -0.25) is 4.79 Å². The van der Waals surface area contributed by atoms with Gasteiger partial charge in [-0.05, 0) is 87.9 Å². The summed E-state index contributed by atoms with van der Waals surface area (Å²) in [7, 11) is 1.66. The van der Waals surface area contributed by atoms with Crippen LogP contribution >= 0.6 is 0 Å². The molecule has 2 heterocycles. The highest BCUT2D eigenvalue weighted by Crippen LogP contribution is 2.49. The fourth-order valence-electron chi connectivity index (χ4n) is 5.19. The van der Waals surface area contributed by atoms with Gasteiger partial charge >= 0.3 is 5.97 Å². The Morgan fingerprint density at radius 1 is 1.09 bits per heavy atom. The van der Waals surface area contributed by atoms with E-state index in [2.05, 4.69) is 11.0 Å². The van der Waals surface area contributed by atoms with Gasteiger partial charge in [0.1, 0.15) is 29.5 Å². The second-order valence-electron chi connectivity index (χ2n) is 11.0. The predicted octanol–water partition coefficient (Wildman–Crippen LogP) is 5.75. The average Bonchev–Trinajstić information content (AvgIpc) is 3.61. The van der Waals surface area contributed by atoms with Crippen molar-refractivity contribution in [2.75, 3.05) is 26.7 Å². The molecule has 5 nitrogen and oxygen atoms in total. The van der Waals surface area contributed by atoms with Crippen LogP contribution in [-0.2, 0) is 16.1 Å². The molecule has 6 heteroatoms. The maximum Gasteiger partial charge on any atom is 0.313 e. The first-order chi connectivity index (χ1) is 16.7. The molecule has 5 rings (SSSR count). The lowest BCUT2D eigenvalue weighted by molar-refractivity contribution is -0.162. The minimum atomic E-state index is -0.466. The molecule has 0 atom stereocenters. The number of methoxy groups -OCH3 is 1. The van der Waals surface area contributed by atoms with Crippen LogP contribution in [0.15, 0.2) is 42.0 Å². The molecule has 0 radical (unpaired) electrons. The maximum atomic E-state index is 14.4. The molecule has 1 saturated carbocycles. The van der Waals surface area contributed by atoms with Gasteiger partial charge in [0.05, 0.1) is 12.5 Å². The van der Waals surface area contributed by atoms with Crippen LogP contribution in [-0.4, -0.2) is 43.2 Å². The van der Waals surface area contributed by atoms with Gasteiger partial charge in [0, 0.05) is 30.8 Å². The molecule has 3 aliphatic rings. The Hall–Kier alpha value is -2.86. The third kappa shape index (κ3) is 4.94. The number of rotatable bonds is 4. The Balaban J connectivity index is 1.42. The number of esters is 1. The molecule has 0 spiro atoms. The van der Waals surface area contributed by atoms with E-state index < -0.39 is 5.60 Å². The zero-order chi connectivity index (χ0) is 24.8. The summed E-state index contributed by atoms with van der Waals surface area (Å²) in [5.74, 6) is 1.14. The quantitative estimate of drug-likeness (QED) is 0.523. The van der Waals surface area contributed by atoms with Crippen molar-refractivity contribution in [2.24, 2.45) is 5.41 Å². The highest BCUT2D eigenvalue weighted by molar-refractivity contribution is 5.87. The van der Waals surface area contributed by atoms with Gasteiger partial charge in [-0.15, -0.1) is 0 Å². The number of benzene rings is 2. The molecule has 0 N–H and O–H groups in total. The fourth-order valence-corrected chi connectivity index (χ4v) is 5.19. The first-order valence-electron chi connectivity index (χ1n) is 12.5. The summed E-state index contributed by atoms with van der Waals surface area (Å²) in [6.45, 7) is 8.64. The lowest BCUT2D eigenvalue weighted by Crippen LogP contribution is -2.40. The Kier molecular flexibility index (Phi) is 6.12. The number of hydrogen-bond donors (Lipinski definition) is 0. The van der Waals surface area contributed by atoms with E-state index in [-0.39, 0.29) is 17.2 Å². The predicted molar refractivity (Wildman–Crippen MR) is 133 cm³/mol. The monoisotopic (exact) mass is 479 g/mol. The number of piperidine rings is 1. The smallest absolute Gasteiger partial charge is 0.313 e. The molecular weight excluding hydrogens is 445 g/mol. The van der Waals surface area contributed by atoms with E-state index in [1.807, 2.05) is 32.9 Å². The summed E-state index contributed by atoms with van der Waals surface area (Å²) in [5, 5.41) is 0. The molecule has 0 amide bonds. The molecule has 186 valence electrons. The van der Waals surface area contributed by atoms with Gasteiger partial charge in [0.2, 0.25) is 0 Å². The molecule has 0 aromatic heterocycles. The molecule has 1 saturated heterocycles. The lowest BCUT2D eigenvalue weighted by Gasteiger charge is -2.33. The van der Waals surface area contributed by atoms with Gasteiger partial charge in [-0.1, -0.05) is 11.6 Å². The van der Waals surface area contributed by atoms with Crippen molar-refractivity contribution in [3.63, 3.8) is 0 Å². The number of carbonyl (C=O) groups is 1. The van der Waals surface area contributed by atoms with Crippen molar-refractivity contribution < 1.29 is 23.4 Å². The molecular formula is C29H34FNO4. The SMILES string of the molecule is COc1ccc2c(c1)COc1ccc(F)cc1C2=C1CCN(CC2(C(=O)OC(C)(C)C)CC2)CC1. The van der Waals surface area contributed by atoms with E-state index in [1.165, 1.54) is 11.6 Å². The Morgan fingerprint density at radius 2 is 1.83 bits per heavy atom. The second kappa shape index (κ2) is 8.98. The van der Waals surface area contributed by atoms with E-state index in [9.17, 15) is 9.18 Å². The molecule has 0 unspecified atom stereocenters. The Labute approximate surface area is 206 Å². The summed E-state index contributed by atoms with van der Waals surface area (Å²) < 4.78 is 31.6. The van der Waals surface area contributed by atoms with Gasteiger partial charge in [-0.25, -0.2) is 4.39 Å². The number of halogens is 1. The van der Waals surface area contributed by atoms with Crippen LogP contribution in [0, 0.1) is 11.2 Å². The van der Waals surface area contributed by atoms with E-state index in [0.717, 1.165) is 73.3 Å². The van der Waals surface area contributed by atoms with Crippen LogP contribution < -0.4 is 9.47 Å². The van der Waals surface area contributed by atoms with Gasteiger partial charge in [-0.2, -0.15) is 0 Å². The van der Waals surface area contributed by atoms with Crippen LogP contribution in [0.2, 0.25) is 0 Å². The first kappa shape index (κ1) is 23.9. The van der Waals surface area contributed by atoms with Crippen molar-refractivity contribution in [2.45, 2.75) is 58.7 Å². The normalized spacial score (nSPS) is 19.2. The van der Waals surface area contributed by atoms with E-state index in [0.29, 0.717) is 12.4 Å². The number of fused-ring (bicyclic) bond motifs is 2. The van der Waals surface area contributed by atoms with Crippen LogP contribution in [0.5, 0.6) is 11.5 Å². The minimum Gasteiger partial charge on any atom is -0.497 e. The van der Waals surface area contributed by atoms with Gasteiger partial charge in [0.25, 0.3) is 0 Å². The zero-order valence-corrected chi connectivity index (χ0v) is 21.1. The summed E-state index contributed by atoms with van der Waals surface area (Å²) >= 11 is 0. The topological polar surface area (TPSA) is 48.0 Å². The number of hydrogen-bond acceptors (Lipinski definition) is 5. The number of carbonyl (C=O) groups excluding carboxylic acids is 1. The summed E-state index contributed by atoms with van der Waals surface area (Å²) in [6.07, 6.45) is 3.51. The average molecular weight is 480 g/mol. The van der Waals surface area contributed by atoms with E-state index in [4.69, 9.17) is 14.2 Å². The lowest BCUT2D eigenvalue weighted by atomic mass is 9.86. The number of ether oxygens (including phenoxy) is 3. The van der Waals surface area contributed by atoms with Crippen LogP contribution in [0.1, 0.15) is 63.1 Å². The first-order valence-corrected chi connectivity index (χ1v) is 12.5. The third-order valence-corrected chi connectivity index (χ3v) is 7.20. The molecule has 2 aromatic rings. The van der Waals surface area contributed by atoms with Crippen LogP contribution in [0.4, 0.5) is 4.39 Å². The van der Waals surface area contributed by atoms with Crippen molar-refractivity contribution in [1.82, 2.24) is 4.90 Å². The molecule has 35 heavy (non-hydrogen) atoms. The Bertz CT molecular complexity index is 1170. The maximum absolute atomic E-state index is 14.4. The van der Waals surface area contributed by atoms with Crippen molar-refractivity contribution in [3.05, 3.63) is 64.5 Å². The minimum absolute atomic E-state index is 0.0673. The van der Waals surface area contributed by atoms with E-state index in [1.54, 1.807) is 19.2 Å². The molecule has 0 bridgehead atoms. The molecule has 2 aromatic carbocycles. The molecule has 1 aliphatic carbocycles. The Morgan fingerprint density at radius 3 is 2.49 bits per heavy atom. The van der Waals surface area contributed by atoms with Crippen molar-refractivity contribution in [1.29, 1.82) is 0 Å². The van der Waals surface area contributed by atoms with Crippen LogP contribution in [0.25, 0.3) is 5.57 Å². The largest absolute Gasteiger partial charge is 0.497 e. The number of nitrogens with zero attached hydrogens (tertiary/aromatic N) is 1. The highest BCUT2D eigenvalue weighted by Gasteiger charge is 2.53. The van der Waals surface area contributed by atoms with Gasteiger partial charge in [0.15, 0.2) is 0 Å². The van der Waals surface area contributed by atoms with Crippen LogP contribution in [0.3, 0.4) is 0 Å². The summed E-state index contributed by atoms with van der Waals surface area (Å²) in [5.41, 5.74) is 4.47. The molecule has 2 aliphatic heterocycles. The third-order valence-electron chi connectivity index (χ3n) is 7.20. The fraction of sp³-hybridized carbons (Fsp3) is 0.483. The summed E-state index contributed by atoms with van der Waals surface area (Å²) in [4.78, 5) is 15.2. The molecule has 2 fully saturated rings. The second-order valence-corrected chi connectivity index (χ2v) is 11.0. The van der Waals surface area contributed by atoms with E-state index >= 15 is 0 Å². The summed E-state index contributed by atoms with van der Waals surface area (Å²) in [6, 6.07) is 10.8. The van der Waals surface area contributed by atoms with Gasteiger partial charge < -0.3 is 19.1 Å². The standard InChI is InChI=1S/C29H34FNO4/c1-28(2,3)35-27(32)29(11-12-29)18-31-13-9-19(10-14-31)26-23-7-6-22(33-4)15-20(23)17-34-25-8-5-21(30)16-24(25)26/h5-8,15-16H,9-14,17-18H2,1-4H3. The van der Waals surface area contributed by atoms with Crippen molar-refractivity contribution >= 4 is 11.5 Å². The zero-order valence-electron chi connectivity index (χ0n) is 21.1. The van der Waals surface area contributed by atoms with Crippen molar-refractivity contribution in [3.8, 4) is 11.5 Å². The highest BCUT2D eigenvalue weighted by atomic mass is 19.1. The number of likely N-dealkylation sites (tertiary alicyclic amines) is 1.